The van der Waals surface area contributed by atoms with Crippen LogP contribution in [0.5, 0.6) is 0 Å². The third kappa shape index (κ3) is 3.30. The molecule has 1 aliphatic carbocycles. The Bertz CT molecular complexity index is 423. The minimum atomic E-state index is 0.864. The van der Waals surface area contributed by atoms with Crippen LogP contribution < -0.4 is 0 Å². The van der Waals surface area contributed by atoms with Crippen LogP contribution in [0.25, 0.3) is 5.65 Å². The molecule has 86 valence electrons. The highest BCUT2D eigenvalue weighted by atomic mass is 79.9. The molecular weight excluding hydrogens is 266 g/mol. The van der Waals surface area contributed by atoms with Crippen molar-refractivity contribution in [2.24, 2.45) is 0 Å². The SMILES string of the molecule is Brc1ccc2nncn2c1.C1CCCCC1. The van der Waals surface area contributed by atoms with Crippen molar-refractivity contribution >= 4 is 21.6 Å². The van der Waals surface area contributed by atoms with Crippen LogP contribution in [0.3, 0.4) is 0 Å². The minimum Gasteiger partial charge on any atom is -0.288 e. The average Bonchev–Trinajstić information content (AvgIpc) is 2.79. The summed E-state index contributed by atoms with van der Waals surface area (Å²) in [5.41, 5.74) is 0.864. The zero-order chi connectivity index (χ0) is 11.2. The van der Waals surface area contributed by atoms with Crippen molar-refractivity contribution in [3.05, 3.63) is 29.1 Å². The van der Waals surface area contributed by atoms with E-state index in [1.165, 1.54) is 38.5 Å². The van der Waals surface area contributed by atoms with Crippen LogP contribution in [0, 0.1) is 0 Å². The van der Waals surface area contributed by atoms with Gasteiger partial charge in [-0.2, -0.15) is 0 Å². The number of aromatic nitrogens is 3. The fraction of sp³-hybridized carbons (Fsp3) is 0.500. The van der Waals surface area contributed by atoms with Gasteiger partial charge in [0.25, 0.3) is 0 Å². The molecule has 0 saturated heterocycles. The summed E-state index contributed by atoms with van der Waals surface area (Å²) in [6, 6.07) is 3.83. The highest BCUT2D eigenvalue weighted by Crippen LogP contribution is 2.15. The molecule has 4 heteroatoms. The highest BCUT2D eigenvalue weighted by molar-refractivity contribution is 9.10. The molecule has 0 N–H and O–H groups in total. The number of hydrogen-bond donors (Lipinski definition) is 0. The summed E-state index contributed by atoms with van der Waals surface area (Å²) in [6.07, 6.45) is 12.6. The quantitative estimate of drug-likeness (QED) is 0.735. The molecule has 2 aromatic heterocycles. The number of fused-ring (bicyclic) bond motifs is 1. The third-order valence-electron chi connectivity index (χ3n) is 2.75. The first kappa shape index (κ1) is 11.6. The summed E-state index contributed by atoms with van der Waals surface area (Å²) in [6.45, 7) is 0. The van der Waals surface area contributed by atoms with Crippen molar-refractivity contribution in [1.82, 2.24) is 14.6 Å². The summed E-state index contributed by atoms with van der Waals surface area (Å²) < 4.78 is 2.88. The number of rotatable bonds is 0. The van der Waals surface area contributed by atoms with E-state index >= 15 is 0 Å². The monoisotopic (exact) mass is 281 g/mol. The molecule has 0 atom stereocenters. The van der Waals surface area contributed by atoms with Crippen LogP contribution in [0.1, 0.15) is 38.5 Å². The Hall–Kier alpha value is -0.900. The summed E-state index contributed by atoms with van der Waals surface area (Å²) in [7, 11) is 0. The van der Waals surface area contributed by atoms with Crippen LogP contribution in [0.2, 0.25) is 0 Å². The molecule has 0 radical (unpaired) electrons. The molecule has 2 heterocycles. The predicted octanol–water partition coefficient (Wildman–Crippen LogP) is 3.83. The lowest BCUT2D eigenvalue weighted by atomic mass is 10.0. The second kappa shape index (κ2) is 5.99. The molecule has 0 amide bonds. The Kier molecular flexibility index (Phi) is 4.34. The van der Waals surface area contributed by atoms with Gasteiger partial charge in [0.15, 0.2) is 5.65 Å². The van der Waals surface area contributed by atoms with Gasteiger partial charge in [-0.15, -0.1) is 10.2 Å². The maximum absolute atomic E-state index is 3.85. The fourth-order valence-corrected chi connectivity index (χ4v) is 2.21. The molecular formula is C12H16BrN3. The molecule has 0 spiro atoms. The Morgan fingerprint density at radius 3 is 2.25 bits per heavy atom. The molecule has 2 aromatic rings. The largest absolute Gasteiger partial charge is 0.288 e. The van der Waals surface area contributed by atoms with Gasteiger partial charge in [0.2, 0.25) is 0 Å². The topological polar surface area (TPSA) is 30.2 Å². The highest BCUT2D eigenvalue weighted by Gasteiger charge is 1.95. The van der Waals surface area contributed by atoms with Crippen LogP contribution in [-0.4, -0.2) is 14.6 Å². The van der Waals surface area contributed by atoms with E-state index in [1.807, 2.05) is 22.7 Å². The summed E-state index contributed by atoms with van der Waals surface area (Å²) in [4.78, 5) is 0. The molecule has 1 aliphatic rings. The fourth-order valence-electron chi connectivity index (χ4n) is 1.86. The van der Waals surface area contributed by atoms with Gasteiger partial charge in [-0.3, -0.25) is 4.40 Å². The summed E-state index contributed by atoms with van der Waals surface area (Å²) in [5, 5.41) is 7.59. The van der Waals surface area contributed by atoms with Gasteiger partial charge >= 0.3 is 0 Å². The van der Waals surface area contributed by atoms with Crippen molar-refractivity contribution in [2.75, 3.05) is 0 Å². The molecule has 3 nitrogen and oxygen atoms in total. The Balaban J connectivity index is 0.000000138. The first-order valence-electron chi connectivity index (χ1n) is 5.81. The van der Waals surface area contributed by atoms with Crippen molar-refractivity contribution in [2.45, 2.75) is 38.5 Å². The van der Waals surface area contributed by atoms with E-state index in [2.05, 4.69) is 26.1 Å². The molecule has 1 saturated carbocycles. The van der Waals surface area contributed by atoms with E-state index in [0.29, 0.717) is 0 Å². The number of pyridine rings is 1. The van der Waals surface area contributed by atoms with Gasteiger partial charge in [0.05, 0.1) is 0 Å². The van der Waals surface area contributed by atoms with Gasteiger partial charge in [-0.1, -0.05) is 38.5 Å². The number of nitrogens with zero attached hydrogens (tertiary/aromatic N) is 3. The third-order valence-corrected chi connectivity index (χ3v) is 3.22. The first-order valence-corrected chi connectivity index (χ1v) is 6.60. The van der Waals surface area contributed by atoms with Gasteiger partial charge in [0, 0.05) is 10.7 Å². The number of hydrogen-bond acceptors (Lipinski definition) is 2. The van der Waals surface area contributed by atoms with E-state index in [1.54, 1.807) is 6.33 Å². The van der Waals surface area contributed by atoms with E-state index < -0.39 is 0 Å². The van der Waals surface area contributed by atoms with Crippen molar-refractivity contribution < 1.29 is 0 Å². The van der Waals surface area contributed by atoms with Crippen molar-refractivity contribution in [3.63, 3.8) is 0 Å². The lowest BCUT2D eigenvalue weighted by Gasteiger charge is -2.05. The smallest absolute Gasteiger partial charge is 0.160 e. The minimum absolute atomic E-state index is 0.864. The van der Waals surface area contributed by atoms with E-state index in [0.717, 1.165) is 10.1 Å². The Morgan fingerprint density at radius 1 is 1.00 bits per heavy atom. The second-order valence-corrected chi connectivity index (χ2v) is 4.98. The van der Waals surface area contributed by atoms with E-state index in [4.69, 9.17) is 0 Å². The average molecular weight is 282 g/mol. The van der Waals surface area contributed by atoms with Crippen LogP contribution in [0.15, 0.2) is 29.1 Å². The van der Waals surface area contributed by atoms with Gasteiger partial charge < -0.3 is 0 Å². The zero-order valence-electron chi connectivity index (χ0n) is 9.27. The number of halogens is 1. The van der Waals surface area contributed by atoms with Crippen LogP contribution in [0.4, 0.5) is 0 Å². The normalized spacial score (nSPS) is 15.6. The van der Waals surface area contributed by atoms with E-state index in [-0.39, 0.29) is 0 Å². The molecule has 0 aliphatic heterocycles. The molecule has 0 bridgehead atoms. The first-order chi connectivity index (χ1) is 7.86. The lowest BCUT2D eigenvalue weighted by molar-refractivity contribution is 0.504. The van der Waals surface area contributed by atoms with Gasteiger partial charge in [0.1, 0.15) is 6.33 Å². The van der Waals surface area contributed by atoms with Crippen LogP contribution >= 0.6 is 15.9 Å². The maximum atomic E-state index is 3.85. The molecule has 0 aromatic carbocycles. The Morgan fingerprint density at radius 2 is 1.62 bits per heavy atom. The molecule has 0 unspecified atom stereocenters. The second-order valence-electron chi connectivity index (χ2n) is 4.07. The Labute approximate surface area is 104 Å². The van der Waals surface area contributed by atoms with Gasteiger partial charge in [-0.05, 0) is 28.1 Å². The predicted molar refractivity (Wildman–Crippen MR) is 68.4 cm³/mol. The van der Waals surface area contributed by atoms with E-state index in [9.17, 15) is 0 Å². The van der Waals surface area contributed by atoms with Crippen molar-refractivity contribution in [3.8, 4) is 0 Å². The molecule has 3 rings (SSSR count). The van der Waals surface area contributed by atoms with Gasteiger partial charge in [-0.25, -0.2) is 0 Å². The summed E-state index contributed by atoms with van der Waals surface area (Å²) in [5.74, 6) is 0. The summed E-state index contributed by atoms with van der Waals surface area (Å²) >= 11 is 3.34. The zero-order valence-corrected chi connectivity index (χ0v) is 10.9. The molecule has 1 fully saturated rings. The lowest BCUT2D eigenvalue weighted by Crippen LogP contribution is -1.85. The van der Waals surface area contributed by atoms with Crippen molar-refractivity contribution in [1.29, 1.82) is 0 Å². The molecule has 16 heavy (non-hydrogen) atoms. The van der Waals surface area contributed by atoms with Crippen LogP contribution in [-0.2, 0) is 0 Å². The standard InChI is InChI=1S/C6H4BrN3.C6H12/c7-5-1-2-6-9-8-4-10(6)3-5;1-2-4-6-5-3-1/h1-4H;1-6H2. The maximum Gasteiger partial charge on any atom is 0.160 e.